The first-order valence-corrected chi connectivity index (χ1v) is 19.8. The topological polar surface area (TPSA) is 131 Å². The van der Waals surface area contributed by atoms with Gasteiger partial charge in [0.05, 0.1) is 18.8 Å². The van der Waals surface area contributed by atoms with Crippen LogP contribution in [0.1, 0.15) is 66.8 Å². The van der Waals surface area contributed by atoms with Crippen LogP contribution in [0.3, 0.4) is 0 Å². The molecule has 1 amide bonds. The Labute approximate surface area is 330 Å². The lowest BCUT2D eigenvalue weighted by atomic mass is 9.97. The molecule has 0 saturated carbocycles. The number of carbonyl (C=O) groups excluding carboxylic acids is 1. The highest BCUT2D eigenvalue weighted by Gasteiger charge is 2.33. The maximum atomic E-state index is 12.5. The van der Waals surface area contributed by atoms with Crippen molar-refractivity contribution in [3.8, 4) is 33.7 Å². The Balaban J connectivity index is 1.07. The zero-order chi connectivity index (χ0) is 38.7. The number of benzene rings is 5. The van der Waals surface area contributed by atoms with Crippen LogP contribution in [0.4, 0.5) is 0 Å². The van der Waals surface area contributed by atoms with Crippen LogP contribution >= 0.6 is 11.8 Å². The van der Waals surface area contributed by atoms with Crippen molar-refractivity contribution in [2.45, 2.75) is 69.0 Å². The SMILES string of the molecule is O=C(O)CCCCC(=O)NCc1ccccc1-c1ccc(C2OC(CSc3nc(-c4ccccc4)c(-c4ccccc4)o3)CC(c3ccc(CO)cc3)O2)cc1. The second-order valence-corrected chi connectivity index (χ2v) is 14.7. The standard InChI is InChI=1S/C46H44N2O7S/c49-29-31-19-21-33(22-20-31)40-27-38(30-56-46-48-43(34-11-3-1-4-12-34)44(55-46)35-13-5-2-6-14-35)53-45(54-40)36-25-23-32(24-26-36)39-16-8-7-15-37(39)28-47-41(50)17-9-10-18-42(51)52/h1-8,11-16,19-26,38,40,45,49H,9-10,17-18,27-30H2,(H,47,50)(H,51,52). The van der Waals surface area contributed by atoms with Crippen LogP contribution in [-0.2, 0) is 32.2 Å². The van der Waals surface area contributed by atoms with E-state index in [4.69, 9.17) is 24.0 Å². The number of thioether (sulfide) groups is 1. The lowest BCUT2D eigenvalue weighted by Crippen LogP contribution is -2.31. The van der Waals surface area contributed by atoms with Crippen LogP contribution in [0.25, 0.3) is 33.7 Å². The number of aromatic nitrogens is 1. The van der Waals surface area contributed by atoms with Crippen LogP contribution in [0.15, 0.2) is 143 Å². The van der Waals surface area contributed by atoms with E-state index in [1.54, 1.807) is 0 Å². The summed E-state index contributed by atoms with van der Waals surface area (Å²) in [7, 11) is 0. The average Bonchev–Trinajstić information content (AvgIpc) is 3.69. The summed E-state index contributed by atoms with van der Waals surface area (Å²) in [4.78, 5) is 28.2. The van der Waals surface area contributed by atoms with E-state index in [1.807, 2.05) is 133 Å². The van der Waals surface area contributed by atoms with E-state index in [0.29, 0.717) is 43.2 Å². The predicted octanol–water partition coefficient (Wildman–Crippen LogP) is 9.77. The first-order valence-electron chi connectivity index (χ1n) is 18.9. The molecule has 9 nitrogen and oxygen atoms in total. The van der Waals surface area contributed by atoms with Gasteiger partial charge in [-0.2, -0.15) is 0 Å². The molecule has 0 spiro atoms. The summed E-state index contributed by atoms with van der Waals surface area (Å²) in [6, 6.07) is 44.0. The predicted molar refractivity (Wildman–Crippen MR) is 216 cm³/mol. The van der Waals surface area contributed by atoms with E-state index in [-0.39, 0.29) is 31.1 Å². The fraction of sp³-hybridized carbons (Fsp3) is 0.239. The zero-order valence-corrected chi connectivity index (χ0v) is 31.7. The number of hydrogen-bond acceptors (Lipinski definition) is 8. The minimum Gasteiger partial charge on any atom is -0.481 e. The highest BCUT2D eigenvalue weighted by Crippen LogP contribution is 2.41. The molecule has 0 aliphatic carbocycles. The number of amides is 1. The number of unbranched alkanes of at least 4 members (excludes halogenated alkanes) is 1. The molecule has 5 aromatic carbocycles. The normalized spacial score (nSPS) is 16.7. The van der Waals surface area contributed by atoms with Crippen molar-refractivity contribution in [1.29, 1.82) is 0 Å². The number of aliphatic carboxylic acids is 1. The van der Waals surface area contributed by atoms with E-state index < -0.39 is 12.3 Å². The number of carbonyl (C=O) groups is 2. The molecule has 10 heteroatoms. The largest absolute Gasteiger partial charge is 0.481 e. The number of oxazole rings is 1. The third-order valence-electron chi connectivity index (χ3n) is 9.73. The molecular formula is C46H44N2O7S. The number of nitrogens with one attached hydrogen (secondary N) is 1. The van der Waals surface area contributed by atoms with E-state index in [2.05, 4.69) is 5.32 Å². The van der Waals surface area contributed by atoms with Gasteiger partial charge in [0.25, 0.3) is 5.22 Å². The Morgan fingerprint density at radius 2 is 1.39 bits per heavy atom. The third kappa shape index (κ3) is 10.0. The Hall–Kier alpha value is -5.52. The van der Waals surface area contributed by atoms with Gasteiger partial charge in [-0.1, -0.05) is 145 Å². The van der Waals surface area contributed by atoms with Gasteiger partial charge in [0, 0.05) is 48.3 Å². The highest BCUT2D eigenvalue weighted by atomic mass is 32.2. The summed E-state index contributed by atoms with van der Waals surface area (Å²) in [5.74, 6) is 0.364. The van der Waals surface area contributed by atoms with Gasteiger partial charge in [0.15, 0.2) is 12.1 Å². The maximum absolute atomic E-state index is 12.5. The first kappa shape index (κ1) is 38.7. The summed E-state index contributed by atoms with van der Waals surface area (Å²) in [5.41, 5.74) is 8.43. The molecule has 1 fully saturated rings. The molecule has 1 saturated heterocycles. The Morgan fingerprint density at radius 3 is 2.11 bits per heavy atom. The lowest BCUT2D eigenvalue weighted by molar-refractivity contribution is -0.245. The maximum Gasteiger partial charge on any atom is 0.303 e. The molecule has 286 valence electrons. The van der Waals surface area contributed by atoms with Crippen LogP contribution < -0.4 is 5.32 Å². The van der Waals surface area contributed by atoms with Crippen molar-refractivity contribution in [2.75, 3.05) is 5.75 Å². The third-order valence-corrected chi connectivity index (χ3v) is 10.7. The van der Waals surface area contributed by atoms with Crippen molar-refractivity contribution in [2.24, 2.45) is 0 Å². The van der Waals surface area contributed by atoms with Gasteiger partial charge in [-0.05, 0) is 40.7 Å². The van der Waals surface area contributed by atoms with Gasteiger partial charge >= 0.3 is 5.97 Å². The molecule has 3 N–H and O–H groups in total. The molecule has 56 heavy (non-hydrogen) atoms. The fourth-order valence-corrected chi connectivity index (χ4v) is 7.59. The molecule has 1 aromatic heterocycles. The first-order chi connectivity index (χ1) is 27.4. The quantitative estimate of drug-likeness (QED) is 0.0651. The smallest absolute Gasteiger partial charge is 0.303 e. The zero-order valence-electron chi connectivity index (χ0n) is 30.9. The van der Waals surface area contributed by atoms with Crippen LogP contribution in [0, 0.1) is 0 Å². The molecular weight excluding hydrogens is 725 g/mol. The van der Waals surface area contributed by atoms with Gasteiger partial charge < -0.3 is 29.4 Å². The number of carboxylic acid groups (broad SMARTS) is 1. The molecule has 3 atom stereocenters. The number of aliphatic hydroxyl groups is 1. The Kier molecular flexibility index (Phi) is 13.1. The summed E-state index contributed by atoms with van der Waals surface area (Å²) < 4.78 is 19.7. The molecule has 2 heterocycles. The number of ether oxygens (including phenoxy) is 2. The van der Waals surface area contributed by atoms with Crippen molar-refractivity contribution < 1.29 is 33.7 Å². The van der Waals surface area contributed by atoms with Crippen LogP contribution in [0.5, 0.6) is 0 Å². The second-order valence-electron chi connectivity index (χ2n) is 13.7. The van der Waals surface area contributed by atoms with E-state index in [0.717, 1.165) is 56.0 Å². The number of nitrogens with zero attached hydrogens (tertiary/aromatic N) is 1. The summed E-state index contributed by atoms with van der Waals surface area (Å²) in [5, 5.41) is 22.0. The molecule has 1 aliphatic heterocycles. The van der Waals surface area contributed by atoms with Gasteiger partial charge in [-0.25, -0.2) is 4.98 Å². The molecule has 3 unspecified atom stereocenters. The van der Waals surface area contributed by atoms with Gasteiger partial charge in [0.1, 0.15) is 5.69 Å². The summed E-state index contributed by atoms with van der Waals surface area (Å²) in [6.45, 7) is 0.337. The minimum atomic E-state index is -0.850. The fourth-order valence-electron chi connectivity index (χ4n) is 6.75. The molecule has 0 bridgehead atoms. The van der Waals surface area contributed by atoms with Crippen LogP contribution in [-0.4, -0.2) is 38.9 Å². The van der Waals surface area contributed by atoms with E-state index in [1.165, 1.54) is 11.8 Å². The minimum absolute atomic E-state index is 0.0284. The monoisotopic (exact) mass is 768 g/mol. The van der Waals surface area contributed by atoms with E-state index >= 15 is 0 Å². The summed E-state index contributed by atoms with van der Waals surface area (Å²) in [6.07, 6.45) is 0.913. The highest BCUT2D eigenvalue weighted by molar-refractivity contribution is 7.99. The lowest BCUT2D eigenvalue weighted by Gasteiger charge is -2.36. The van der Waals surface area contributed by atoms with Gasteiger partial charge in [-0.15, -0.1) is 0 Å². The van der Waals surface area contributed by atoms with E-state index in [9.17, 15) is 14.7 Å². The average molecular weight is 769 g/mol. The second kappa shape index (κ2) is 18.9. The van der Waals surface area contributed by atoms with Crippen molar-refractivity contribution in [1.82, 2.24) is 10.3 Å². The van der Waals surface area contributed by atoms with Gasteiger partial charge in [-0.3, -0.25) is 9.59 Å². The van der Waals surface area contributed by atoms with Crippen molar-refractivity contribution >= 4 is 23.6 Å². The number of aliphatic hydroxyl groups excluding tert-OH is 1. The molecule has 7 rings (SSSR count). The summed E-state index contributed by atoms with van der Waals surface area (Å²) >= 11 is 1.52. The van der Waals surface area contributed by atoms with Gasteiger partial charge in [0.2, 0.25) is 5.91 Å². The molecule has 1 aliphatic rings. The molecule has 6 aromatic rings. The number of carboxylic acids is 1. The number of hydrogen-bond donors (Lipinski definition) is 3. The van der Waals surface area contributed by atoms with Crippen molar-refractivity contribution in [3.63, 3.8) is 0 Å². The Bertz CT molecular complexity index is 2130. The van der Waals surface area contributed by atoms with Crippen LogP contribution in [0.2, 0.25) is 0 Å². The van der Waals surface area contributed by atoms with Crippen molar-refractivity contribution in [3.05, 3.63) is 156 Å². The molecule has 0 radical (unpaired) electrons. The Morgan fingerprint density at radius 1 is 0.732 bits per heavy atom. The number of rotatable bonds is 16.